The predicted octanol–water partition coefficient (Wildman–Crippen LogP) is 0.226. The summed E-state index contributed by atoms with van der Waals surface area (Å²) in [7, 11) is -7.16. The molecule has 1 heterocycles. The molecular formula is C13H15N5O6S3. The van der Waals surface area contributed by atoms with E-state index < -0.39 is 35.7 Å². The number of aryl methyl sites for hydroxylation is 1. The van der Waals surface area contributed by atoms with Crippen molar-refractivity contribution in [3.63, 3.8) is 0 Å². The lowest BCUT2D eigenvalue weighted by Gasteiger charge is -2.16. The number of carbonyl (C=O) groups is 1. The number of ether oxygens (including phenoxy) is 1. The molecule has 0 radical (unpaired) electrons. The van der Waals surface area contributed by atoms with Gasteiger partial charge in [0, 0.05) is 17.5 Å². The average molecular weight is 433 g/mol. The summed E-state index contributed by atoms with van der Waals surface area (Å²) in [4.78, 5) is 22.3. The molecule has 0 bridgehead atoms. The Labute approximate surface area is 160 Å². The Balaban J connectivity index is 2.33. The molecule has 146 valence electrons. The number of amides is 2. The molecule has 0 aliphatic heterocycles. The maximum Gasteiger partial charge on any atom is 0.335 e. The second kappa shape index (κ2) is 7.66. The summed E-state index contributed by atoms with van der Waals surface area (Å²) in [5.41, 5.74) is 0. The Bertz CT molecular complexity index is 1080. The van der Waals surface area contributed by atoms with Gasteiger partial charge in [-0.1, -0.05) is 18.3 Å². The molecule has 1 aliphatic rings. The van der Waals surface area contributed by atoms with E-state index in [9.17, 15) is 21.6 Å². The Hall–Kier alpha value is -2.45. The summed E-state index contributed by atoms with van der Waals surface area (Å²) in [6, 6.07) is -1.28. The molecule has 0 atom stereocenters. The molecule has 2 amide bonds. The Morgan fingerprint density at radius 2 is 1.89 bits per heavy atom. The molecule has 0 unspecified atom stereocenters. The molecular weight excluding hydrogens is 418 g/mol. The SMILES string of the molecule is COc1nc(C)nc(NC(=O)NS(=O)(=O)C2=C(S(C)(=O)=O)C(=S)CC=C2)n1. The molecule has 11 nitrogen and oxygen atoms in total. The number of methoxy groups -OCH3 is 1. The summed E-state index contributed by atoms with van der Waals surface area (Å²) in [5, 5.41) is 2.12. The Morgan fingerprint density at radius 1 is 1.22 bits per heavy atom. The third-order valence-corrected chi connectivity index (χ3v) is 6.28. The third-order valence-electron chi connectivity index (χ3n) is 3.07. The quantitative estimate of drug-likeness (QED) is 0.616. The molecule has 27 heavy (non-hydrogen) atoms. The van der Waals surface area contributed by atoms with Gasteiger partial charge in [0.25, 0.3) is 10.0 Å². The maximum absolute atomic E-state index is 12.5. The lowest BCUT2D eigenvalue weighted by molar-refractivity contribution is 0.256. The van der Waals surface area contributed by atoms with Crippen molar-refractivity contribution in [2.45, 2.75) is 13.3 Å². The molecule has 2 N–H and O–H groups in total. The highest BCUT2D eigenvalue weighted by Gasteiger charge is 2.31. The number of sulfone groups is 1. The van der Waals surface area contributed by atoms with E-state index in [0.29, 0.717) is 0 Å². The van der Waals surface area contributed by atoms with Crippen LogP contribution in [0.3, 0.4) is 0 Å². The van der Waals surface area contributed by atoms with E-state index in [1.165, 1.54) is 20.1 Å². The number of allylic oxidation sites excluding steroid dienone is 3. The van der Waals surface area contributed by atoms with Crippen LogP contribution in [0.4, 0.5) is 10.7 Å². The van der Waals surface area contributed by atoms with Crippen molar-refractivity contribution in [1.29, 1.82) is 0 Å². The van der Waals surface area contributed by atoms with Gasteiger partial charge in [-0.15, -0.1) is 0 Å². The number of hydrogen-bond donors (Lipinski definition) is 2. The minimum absolute atomic E-state index is 0.0568. The van der Waals surface area contributed by atoms with Crippen LogP contribution < -0.4 is 14.8 Å². The molecule has 1 aromatic heterocycles. The van der Waals surface area contributed by atoms with Gasteiger partial charge < -0.3 is 4.74 Å². The first-order valence-corrected chi connectivity index (χ1v) is 11.0. The van der Waals surface area contributed by atoms with Crippen molar-refractivity contribution in [2.75, 3.05) is 18.7 Å². The lowest BCUT2D eigenvalue weighted by atomic mass is 10.2. The molecule has 0 saturated carbocycles. The van der Waals surface area contributed by atoms with Crippen molar-refractivity contribution in [1.82, 2.24) is 19.7 Å². The standard InChI is InChI=1S/C13H15N5O6S3/c1-7-14-11(17-13(15-7)24-2)16-12(19)18-27(22,23)9-6-4-5-8(25)10(9)26(3,20)21/h4,6H,5H2,1-3H3,(H2,14,15,16,17,18,19). The third kappa shape index (κ3) is 5.05. The van der Waals surface area contributed by atoms with E-state index in [4.69, 9.17) is 17.0 Å². The number of thiocarbonyl (C=S) groups is 1. The van der Waals surface area contributed by atoms with Gasteiger partial charge >= 0.3 is 12.0 Å². The molecule has 1 aliphatic carbocycles. The van der Waals surface area contributed by atoms with Crippen molar-refractivity contribution in [2.24, 2.45) is 0 Å². The first-order chi connectivity index (χ1) is 12.4. The van der Waals surface area contributed by atoms with E-state index in [1.807, 2.05) is 0 Å². The number of nitrogens with zero attached hydrogens (tertiary/aromatic N) is 3. The van der Waals surface area contributed by atoms with Crippen molar-refractivity contribution in [3.05, 3.63) is 27.8 Å². The first kappa shape index (κ1) is 20.9. The molecule has 1 aromatic rings. The smallest absolute Gasteiger partial charge is 0.335 e. The highest BCUT2D eigenvalue weighted by atomic mass is 32.2. The van der Waals surface area contributed by atoms with Gasteiger partial charge in [-0.05, 0) is 13.0 Å². The fraction of sp³-hybridized carbons (Fsp3) is 0.308. The number of aromatic nitrogens is 3. The van der Waals surface area contributed by atoms with Crippen LogP contribution in [-0.2, 0) is 19.9 Å². The van der Waals surface area contributed by atoms with Gasteiger partial charge in [-0.25, -0.2) is 26.4 Å². The Kier molecular flexibility index (Phi) is 5.91. The van der Waals surface area contributed by atoms with Crippen molar-refractivity contribution >= 4 is 48.9 Å². The first-order valence-electron chi connectivity index (χ1n) is 7.18. The minimum Gasteiger partial charge on any atom is -0.467 e. The fourth-order valence-electron chi connectivity index (χ4n) is 2.09. The van der Waals surface area contributed by atoms with E-state index in [0.717, 1.165) is 12.3 Å². The highest BCUT2D eigenvalue weighted by Crippen LogP contribution is 2.25. The van der Waals surface area contributed by atoms with Gasteiger partial charge in [-0.2, -0.15) is 15.0 Å². The summed E-state index contributed by atoms with van der Waals surface area (Å²) in [5.74, 6) is -0.0262. The lowest BCUT2D eigenvalue weighted by Crippen LogP contribution is -2.37. The zero-order valence-electron chi connectivity index (χ0n) is 14.4. The summed E-state index contributed by atoms with van der Waals surface area (Å²) in [6.07, 6.45) is 3.41. The van der Waals surface area contributed by atoms with E-state index >= 15 is 0 Å². The normalized spacial score (nSPS) is 14.9. The van der Waals surface area contributed by atoms with Gasteiger partial charge in [0.1, 0.15) is 15.6 Å². The van der Waals surface area contributed by atoms with E-state index in [-0.39, 0.29) is 29.1 Å². The zero-order valence-corrected chi connectivity index (χ0v) is 16.8. The number of nitrogens with one attached hydrogen (secondary N) is 2. The van der Waals surface area contributed by atoms with Crippen LogP contribution in [-0.4, -0.2) is 56.0 Å². The predicted molar refractivity (Wildman–Crippen MR) is 100 cm³/mol. The monoisotopic (exact) mass is 433 g/mol. The summed E-state index contributed by atoms with van der Waals surface area (Å²) < 4.78 is 55.4. The second-order valence-electron chi connectivity index (χ2n) is 5.25. The van der Waals surface area contributed by atoms with Crippen molar-refractivity contribution in [3.8, 4) is 6.01 Å². The Morgan fingerprint density at radius 3 is 2.48 bits per heavy atom. The number of hydrogen-bond acceptors (Lipinski definition) is 10. The number of urea groups is 1. The van der Waals surface area contributed by atoms with Gasteiger partial charge in [-0.3, -0.25) is 5.32 Å². The van der Waals surface area contributed by atoms with E-state index in [2.05, 4.69) is 20.3 Å². The number of sulfonamides is 1. The summed E-state index contributed by atoms with van der Waals surface area (Å²) >= 11 is 4.96. The van der Waals surface area contributed by atoms with Crippen LogP contribution in [0.15, 0.2) is 22.0 Å². The number of anilines is 1. The van der Waals surface area contributed by atoms with Crippen LogP contribution in [0.2, 0.25) is 0 Å². The topological polar surface area (TPSA) is 157 Å². The summed E-state index contributed by atoms with van der Waals surface area (Å²) in [6.45, 7) is 1.51. The molecule has 0 spiro atoms. The van der Waals surface area contributed by atoms with Gasteiger partial charge in [0.05, 0.1) is 7.11 Å². The zero-order chi connectivity index (χ0) is 20.4. The maximum atomic E-state index is 12.5. The molecule has 0 saturated heterocycles. The molecule has 0 fully saturated rings. The van der Waals surface area contributed by atoms with Crippen LogP contribution in [0.5, 0.6) is 6.01 Å². The fourth-order valence-corrected chi connectivity index (χ4v) is 5.57. The van der Waals surface area contributed by atoms with Gasteiger partial charge in [0.2, 0.25) is 5.95 Å². The van der Waals surface area contributed by atoms with Crippen LogP contribution in [0, 0.1) is 6.92 Å². The minimum atomic E-state index is -4.53. The number of carbonyl (C=O) groups excluding carboxylic acids is 1. The largest absolute Gasteiger partial charge is 0.467 e. The van der Waals surface area contributed by atoms with Crippen LogP contribution in [0.1, 0.15) is 12.2 Å². The number of rotatable bonds is 5. The van der Waals surface area contributed by atoms with Gasteiger partial charge in [0.15, 0.2) is 9.84 Å². The van der Waals surface area contributed by atoms with Crippen LogP contribution in [0.25, 0.3) is 0 Å². The average Bonchev–Trinajstić information content (AvgIpc) is 2.52. The van der Waals surface area contributed by atoms with E-state index in [1.54, 1.807) is 4.72 Å². The molecule has 2 rings (SSSR count). The van der Waals surface area contributed by atoms with Crippen LogP contribution >= 0.6 is 12.2 Å². The second-order valence-corrected chi connectivity index (χ2v) is 9.34. The van der Waals surface area contributed by atoms with Crippen molar-refractivity contribution < 1.29 is 26.4 Å². The molecule has 14 heteroatoms. The molecule has 0 aromatic carbocycles. The highest BCUT2D eigenvalue weighted by molar-refractivity contribution is 8.00.